The second kappa shape index (κ2) is 6.28. The summed E-state index contributed by atoms with van der Waals surface area (Å²) >= 11 is 0. The molecule has 1 saturated carbocycles. The summed E-state index contributed by atoms with van der Waals surface area (Å²) in [6, 6.07) is 6.92. The van der Waals surface area contributed by atoms with Crippen LogP contribution in [0.25, 0.3) is 0 Å². The third kappa shape index (κ3) is 3.35. The summed E-state index contributed by atoms with van der Waals surface area (Å²) in [5.41, 5.74) is 0.564. The van der Waals surface area contributed by atoms with Crippen molar-refractivity contribution in [1.82, 2.24) is 5.32 Å². The van der Waals surface area contributed by atoms with Crippen LogP contribution in [-0.2, 0) is 4.74 Å². The third-order valence-electron chi connectivity index (χ3n) is 4.42. The fourth-order valence-corrected chi connectivity index (χ4v) is 3.43. The van der Waals surface area contributed by atoms with Crippen LogP contribution < -0.4 is 10.1 Å². The first-order valence-electron chi connectivity index (χ1n) is 7.61. The standard InChI is InChI=1S/C16H21F2NO2/c17-15(18)20-13-7-3-2-6-12(13)14-10-19-11-16(21-14)8-4-1-5-9-16/h2-3,6-7,14-15,19H,1,4-5,8-11H2. The van der Waals surface area contributed by atoms with E-state index < -0.39 is 6.61 Å². The second-order valence-corrected chi connectivity index (χ2v) is 5.90. The summed E-state index contributed by atoms with van der Waals surface area (Å²) in [5.74, 6) is 0.215. The molecule has 1 N–H and O–H groups in total. The lowest BCUT2D eigenvalue weighted by Crippen LogP contribution is -2.51. The molecule has 2 fully saturated rings. The molecule has 2 aliphatic rings. The molecule has 0 aromatic heterocycles. The van der Waals surface area contributed by atoms with Crippen LogP contribution in [0.2, 0.25) is 0 Å². The molecule has 1 unspecified atom stereocenters. The van der Waals surface area contributed by atoms with Gasteiger partial charge in [-0.15, -0.1) is 0 Å². The topological polar surface area (TPSA) is 30.5 Å². The molecule has 0 radical (unpaired) electrons. The molecule has 1 saturated heterocycles. The van der Waals surface area contributed by atoms with Gasteiger partial charge in [0.25, 0.3) is 0 Å². The van der Waals surface area contributed by atoms with Gasteiger partial charge in [0.1, 0.15) is 5.75 Å². The van der Waals surface area contributed by atoms with Gasteiger partial charge in [0.15, 0.2) is 0 Å². The number of hydrogen-bond donors (Lipinski definition) is 1. The van der Waals surface area contributed by atoms with E-state index >= 15 is 0 Å². The molecule has 0 bridgehead atoms. The molecule has 1 atom stereocenters. The Morgan fingerprint density at radius 2 is 1.95 bits per heavy atom. The molecular formula is C16H21F2NO2. The van der Waals surface area contributed by atoms with E-state index in [2.05, 4.69) is 10.1 Å². The maximum absolute atomic E-state index is 12.5. The molecule has 3 nitrogen and oxygen atoms in total. The van der Waals surface area contributed by atoms with Crippen LogP contribution in [0.3, 0.4) is 0 Å². The zero-order valence-corrected chi connectivity index (χ0v) is 12.0. The number of rotatable bonds is 3. The van der Waals surface area contributed by atoms with Gasteiger partial charge in [0.05, 0.1) is 11.7 Å². The van der Waals surface area contributed by atoms with Crippen LogP contribution in [0, 0.1) is 0 Å². The molecular weight excluding hydrogens is 276 g/mol. The van der Waals surface area contributed by atoms with Crippen LogP contribution >= 0.6 is 0 Å². The van der Waals surface area contributed by atoms with Crippen molar-refractivity contribution in [2.75, 3.05) is 13.1 Å². The van der Waals surface area contributed by atoms with Crippen molar-refractivity contribution < 1.29 is 18.3 Å². The molecule has 116 valence electrons. The minimum absolute atomic E-state index is 0.140. The smallest absolute Gasteiger partial charge is 0.387 e. The van der Waals surface area contributed by atoms with Crippen LogP contribution in [0.15, 0.2) is 24.3 Å². The van der Waals surface area contributed by atoms with Crippen LogP contribution in [0.4, 0.5) is 8.78 Å². The SMILES string of the molecule is FC(F)Oc1ccccc1C1CNCC2(CCCCC2)O1. The van der Waals surface area contributed by atoms with E-state index in [0.717, 1.165) is 19.4 Å². The van der Waals surface area contributed by atoms with E-state index in [4.69, 9.17) is 4.74 Å². The fourth-order valence-electron chi connectivity index (χ4n) is 3.43. The highest BCUT2D eigenvalue weighted by molar-refractivity contribution is 5.36. The van der Waals surface area contributed by atoms with Crippen LogP contribution in [0.1, 0.15) is 43.8 Å². The van der Waals surface area contributed by atoms with E-state index in [1.165, 1.54) is 19.3 Å². The van der Waals surface area contributed by atoms with Crippen molar-refractivity contribution >= 4 is 0 Å². The first-order chi connectivity index (χ1) is 10.2. The zero-order chi connectivity index (χ0) is 14.7. The molecule has 1 aromatic rings. The summed E-state index contributed by atoms with van der Waals surface area (Å²) in [5, 5.41) is 3.41. The number of nitrogens with one attached hydrogen (secondary N) is 1. The quantitative estimate of drug-likeness (QED) is 0.923. The number of hydrogen-bond acceptors (Lipinski definition) is 3. The summed E-state index contributed by atoms with van der Waals surface area (Å²) in [6.45, 7) is -1.33. The Labute approximate surface area is 123 Å². The van der Waals surface area contributed by atoms with Crippen molar-refractivity contribution in [3.05, 3.63) is 29.8 Å². The van der Waals surface area contributed by atoms with Crippen LogP contribution in [0.5, 0.6) is 5.75 Å². The zero-order valence-electron chi connectivity index (χ0n) is 12.0. The minimum atomic E-state index is -2.81. The van der Waals surface area contributed by atoms with Crippen molar-refractivity contribution in [3.63, 3.8) is 0 Å². The number of ether oxygens (including phenoxy) is 2. The summed E-state index contributed by atoms with van der Waals surface area (Å²) in [4.78, 5) is 0. The molecule has 1 aliphatic carbocycles. The van der Waals surface area contributed by atoms with Crippen LogP contribution in [-0.4, -0.2) is 25.3 Å². The van der Waals surface area contributed by atoms with E-state index in [9.17, 15) is 8.78 Å². The van der Waals surface area contributed by atoms with E-state index in [-0.39, 0.29) is 17.5 Å². The number of alkyl halides is 2. The Balaban J connectivity index is 1.80. The highest BCUT2D eigenvalue weighted by atomic mass is 19.3. The van der Waals surface area contributed by atoms with Crippen molar-refractivity contribution in [2.45, 2.75) is 50.4 Å². The number of morpholine rings is 1. The number of benzene rings is 1. The predicted octanol–water partition coefficient (Wildman–Crippen LogP) is 3.65. The van der Waals surface area contributed by atoms with Gasteiger partial charge < -0.3 is 14.8 Å². The number of halogens is 2. The largest absolute Gasteiger partial charge is 0.434 e. The van der Waals surface area contributed by atoms with Gasteiger partial charge in [0.2, 0.25) is 0 Å². The Hall–Kier alpha value is -1.20. The predicted molar refractivity (Wildman–Crippen MR) is 75.6 cm³/mol. The van der Waals surface area contributed by atoms with Gasteiger partial charge >= 0.3 is 6.61 Å². The Morgan fingerprint density at radius 3 is 2.71 bits per heavy atom. The molecule has 21 heavy (non-hydrogen) atoms. The summed E-state index contributed by atoms with van der Waals surface area (Å²) in [6.07, 6.45) is 5.43. The lowest BCUT2D eigenvalue weighted by atomic mass is 9.83. The Bertz CT molecular complexity index is 470. The first-order valence-corrected chi connectivity index (χ1v) is 7.61. The Kier molecular flexibility index (Phi) is 4.40. The lowest BCUT2D eigenvalue weighted by Gasteiger charge is -2.44. The van der Waals surface area contributed by atoms with Gasteiger partial charge in [-0.2, -0.15) is 8.78 Å². The fraction of sp³-hybridized carbons (Fsp3) is 0.625. The molecule has 1 aromatic carbocycles. The average Bonchev–Trinajstić information content (AvgIpc) is 2.48. The lowest BCUT2D eigenvalue weighted by molar-refractivity contribution is -0.137. The molecule has 1 aliphatic heterocycles. The average molecular weight is 297 g/mol. The van der Waals surface area contributed by atoms with Crippen molar-refractivity contribution in [2.24, 2.45) is 0 Å². The molecule has 0 amide bonds. The normalized spacial score (nSPS) is 25.2. The molecule has 5 heteroatoms. The van der Waals surface area contributed by atoms with Gasteiger partial charge in [-0.1, -0.05) is 37.5 Å². The van der Waals surface area contributed by atoms with Gasteiger partial charge in [0, 0.05) is 18.7 Å². The minimum Gasteiger partial charge on any atom is -0.434 e. The monoisotopic (exact) mass is 297 g/mol. The molecule has 1 heterocycles. The maximum atomic E-state index is 12.5. The summed E-state index contributed by atoms with van der Waals surface area (Å²) in [7, 11) is 0. The van der Waals surface area contributed by atoms with Gasteiger partial charge in [-0.3, -0.25) is 0 Å². The van der Waals surface area contributed by atoms with E-state index in [0.29, 0.717) is 12.1 Å². The van der Waals surface area contributed by atoms with Gasteiger partial charge in [-0.05, 0) is 18.9 Å². The van der Waals surface area contributed by atoms with Gasteiger partial charge in [-0.25, -0.2) is 0 Å². The number of para-hydroxylation sites is 1. The summed E-state index contributed by atoms with van der Waals surface area (Å²) < 4.78 is 36.0. The Morgan fingerprint density at radius 1 is 1.19 bits per heavy atom. The van der Waals surface area contributed by atoms with Crippen molar-refractivity contribution in [3.8, 4) is 5.75 Å². The van der Waals surface area contributed by atoms with Crippen molar-refractivity contribution in [1.29, 1.82) is 0 Å². The maximum Gasteiger partial charge on any atom is 0.387 e. The highest BCUT2D eigenvalue weighted by Crippen LogP contribution is 2.40. The highest BCUT2D eigenvalue weighted by Gasteiger charge is 2.39. The third-order valence-corrected chi connectivity index (χ3v) is 4.42. The first kappa shape index (κ1) is 14.7. The second-order valence-electron chi connectivity index (χ2n) is 5.90. The molecule has 1 spiro atoms. The van der Waals surface area contributed by atoms with E-state index in [1.54, 1.807) is 12.1 Å². The van der Waals surface area contributed by atoms with E-state index in [1.807, 2.05) is 12.1 Å². The molecule has 3 rings (SSSR count).